The first-order valence-electron chi connectivity index (χ1n) is 11.9. The fourth-order valence-corrected chi connectivity index (χ4v) is 6.63. The predicted octanol–water partition coefficient (Wildman–Crippen LogP) is 5.35. The smallest absolute Gasteiger partial charge is 0.0226 e. The normalized spacial score (nSPS) is 36.5. The lowest BCUT2D eigenvalue weighted by Crippen LogP contribution is -2.57. The maximum atomic E-state index is 4.11. The summed E-state index contributed by atoms with van der Waals surface area (Å²) >= 11 is 0. The molecule has 2 nitrogen and oxygen atoms in total. The molecule has 3 aliphatic heterocycles. The number of nitrogens with zero attached hydrogens (tertiary/aromatic N) is 2. The van der Waals surface area contributed by atoms with Gasteiger partial charge in [0.1, 0.15) is 0 Å². The summed E-state index contributed by atoms with van der Waals surface area (Å²) in [5.74, 6) is 3.67. The standard InChI is InChI=1S/C24H42N2/c1-2-22-18-26-14-13-23(22)15-24(26)19-25(16-20-9-5-3-6-10-20)17-21-11-7-4-8-12-21/h2,20-24H,1,3-19H2. The van der Waals surface area contributed by atoms with E-state index in [2.05, 4.69) is 22.5 Å². The molecule has 4 atom stereocenters. The van der Waals surface area contributed by atoms with Gasteiger partial charge < -0.3 is 4.90 Å². The van der Waals surface area contributed by atoms with E-state index in [0.717, 1.165) is 29.7 Å². The Kier molecular flexibility index (Phi) is 6.75. The number of rotatable bonds is 7. The molecule has 0 aromatic carbocycles. The van der Waals surface area contributed by atoms with Crippen molar-refractivity contribution < 1.29 is 0 Å². The summed E-state index contributed by atoms with van der Waals surface area (Å²) in [6.07, 6.45) is 20.0. The van der Waals surface area contributed by atoms with E-state index in [1.165, 1.54) is 110 Å². The van der Waals surface area contributed by atoms with Gasteiger partial charge in [-0.05, 0) is 68.7 Å². The third kappa shape index (κ3) is 4.73. The average molecular weight is 359 g/mol. The molecule has 2 saturated carbocycles. The second-order valence-corrected chi connectivity index (χ2v) is 10.1. The van der Waals surface area contributed by atoms with E-state index in [4.69, 9.17) is 0 Å². The molecule has 3 heterocycles. The minimum absolute atomic E-state index is 0.769. The highest BCUT2D eigenvalue weighted by Gasteiger charge is 2.39. The topological polar surface area (TPSA) is 6.48 Å². The Morgan fingerprint density at radius 3 is 1.92 bits per heavy atom. The molecule has 5 aliphatic rings. The van der Waals surface area contributed by atoms with Crippen LogP contribution in [0.3, 0.4) is 0 Å². The van der Waals surface area contributed by atoms with Gasteiger partial charge in [-0.1, -0.05) is 44.6 Å². The van der Waals surface area contributed by atoms with E-state index in [1.54, 1.807) is 0 Å². The summed E-state index contributed by atoms with van der Waals surface area (Å²) in [6.45, 7) is 10.9. The lowest BCUT2D eigenvalue weighted by atomic mass is 9.75. The van der Waals surface area contributed by atoms with Crippen molar-refractivity contribution in [3.05, 3.63) is 12.7 Å². The van der Waals surface area contributed by atoms with E-state index >= 15 is 0 Å². The largest absolute Gasteiger partial charge is 0.301 e. The van der Waals surface area contributed by atoms with Crippen LogP contribution in [-0.4, -0.2) is 48.6 Å². The van der Waals surface area contributed by atoms with Crippen LogP contribution < -0.4 is 0 Å². The minimum atomic E-state index is 0.769. The van der Waals surface area contributed by atoms with Crippen molar-refractivity contribution in [2.75, 3.05) is 32.7 Å². The Labute approximate surface area is 162 Å². The van der Waals surface area contributed by atoms with Gasteiger partial charge in [0.15, 0.2) is 0 Å². The summed E-state index contributed by atoms with van der Waals surface area (Å²) in [6, 6.07) is 0.831. The summed E-state index contributed by atoms with van der Waals surface area (Å²) < 4.78 is 0. The number of hydrogen-bond donors (Lipinski definition) is 0. The molecule has 2 aliphatic carbocycles. The molecule has 2 bridgehead atoms. The fourth-order valence-electron chi connectivity index (χ4n) is 6.63. The van der Waals surface area contributed by atoms with E-state index in [9.17, 15) is 0 Å². The maximum absolute atomic E-state index is 4.11. The third-order valence-electron chi connectivity index (χ3n) is 8.18. The minimum Gasteiger partial charge on any atom is -0.301 e. The zero-order valence-electron chi connectivity index (χ0n) is 17.1. The van der Waals surface area contributed by atoms with Crippen LogP contribution >= 0.6 is 0 Å². The van der Waals surface area contributed by atoms with Crippen LogP contribution in [0.4, 0.5) is 0 Å². The van der Waals surface area contributed by atoms with Crippen molar-refractivity contribution in [2.45, 2.75) is 83.1 Å². The molecule has 148 valence electrons. The first kappa shape index (κ1) is 19.0. The van der Waals surface area contributed by atoms with E-state index in [1.807, 2.05) is 0 Å². The molecule has 3 saturated heterocycles. The SMILES string of the molecule is C=CC1CN2CCC1CC2CN(CC1CCCCC1)CC1CCCCC1. The molecule has 4 unspecified atom stereocenters. The second-order valence-electron chi connectivity index (χ2n) is 10.1. The van der Waals surface area contributed by atoms with E-state index in [-0.39, 0.29) is 0 Å². The molecule has 5 fully saturated rings. The summed E-state index contributed by atoms with van der Waals surface area (Å²) in [4.78, 5) is 5.77. The van der Waals surface area contributed by atoms with Crippen LogP contribution in [0.1, 0.15) is 77.0 Å². The molecule has 0 spiro atoms. The average Bonchev–Trinajstić information content (AvgIpc) is 2.70. The van der Waals surface area contributed by atoms with Crippen molar-refractivity contribution in [1.82, 2.24) is 9.80 Å². The van der Waals surface area contributed by atoms with Crippen LogP contribution in [0.25, 0.3) is 0 Å². The Morgan fingerprint density at radius 2 is 1.42 bits per heavy atom. The van der Waals surface area contributed by atoms with Gasteiger partial charge in [-0.2, -0.15) is 0 Å². The summed E-state index contributed by atoms with van der Waals surface area (Å²) in [5, 5.41) is 0. The second kappa shape index (κ2) is 9.24. The molecule has 0 N–H and O–H groups in total. The maximum Gasteiger partial charge on any atom is 0.0226 e. The molecule has 0 radical (unpaired) electrons. The zero-order chi connectivity index (χ0) is 17.8. The number of piperidine rings is 3. The Hall–Kier alpha value is -0.340. The number of fused-ring (bicyclic) bond motifs is 3. The molecule has 0 aromatic rings. The van der Waals surface area contributed by atoms with Gasteiger partial charge >= 0.3 is 0 Å². The summed E-state index contributed by atoms with van der Waals surface area (Å²) in [5.41, 5.74) is 0. The van der Waals surface area contributed by atoms with Gasteiger partial charge in [0.05, 0.1) is 0 Å². The summed E-state index contributed by atoms with van der Waals surface area (Å²) in [7, 11) is 0. The Balaban J connectivity index is 1.36. The highest BCUT2D eigenvalue weighted by Crippen LogP contribution is 2.37. The van der Waals surface area contributed by atoms with Crippen molar-refractivity contribution >= 4 is 0 Å². The van der Waals surface area contributed by atoms with E-state index < -0.39 is 0 Å². The van der Waals surface area contributed by atoms with E-state index in [0.29, 0.717) is 0 Å². The molecular weight excluding hydrogens is 316 g/mol. The Morgan fingerprint density at radius 1 is 0.808 bits per heavy atom. The van der Waals surface area contributed by atoms with Crippen LogP contribution in [0.15, 0.2) is 12.7 Å². The predicted molar refractivity (Wildman–Crippen MR) is 111 cm³/mol. The molecular formula is C24H42N2. The van der Waals surface area contributed by atoms with Crippen molar-refractivity contribution in [1.29, 1.82) is 0 Å². The quantitative estimate of drug-likeness (QED) is 0.566. The van der Waals surface area contributed by atoms with Crippen molar-refractivity contribution in [3.63, 3.8) is 0 Å². The van der Waals surface area contributed by atoms with Crippen LogP contribution in [0, 0.1) is 23.7 Å². The first-order valence-corrected chi connectivity index (χ1v) is 11.9. The fraction of sp³-hybridized carbons (Fsp3) is 0.917. The monoisotopic (exact) mass is 358 g/mol. The molecule has 2 heteroatoms. The van der Waals surface area contributed by atoms with Gasteiger partial charge in [-0.25, -0.2) is 0 Å². The number of hydrogen-bond acceptors (Lipinski definition) is 2. The molecule has 5 rings (SSSR count). The van der Waals surface area contributed by atoms with Crippen molar-refractivity contribution in [2.24, 2.45) is 23.7 Å². The lowest BCUT2D eigenvalue weighted by Gasteiger charge is -2.50. The van der Waals surface area contributed by atoms with Gasteiger partial charge in [0.2, 0.25) is 0 Å². The molecule has 0 amide bonds. The highest BCUT2D eigenvalue weighted by molar-refractivity contribution is 4.99. The molecule has 26 heavy (non-hydrogen) atoms. The van der Waals surface area contributed by atoms with Crippen LogP contribution in [0.5, 0.6) is 0 Å². The molecule has 0 aromatic heterocycles. The van der Waals surface area contributed by atoms with Gasteiger partial charge in [0, 0.05) is 32.2 Å². The van der Waals surface area contributed by atoms with Gasteiger partial charge in [-0.15, -0.1) is 6.58 Å². The van der Waals surface area contributed by atoms with Gasteiger partial charge in [-0.3, -0.25) is 4.90 Å². The van der Waals surface area contributed by atoms with Crippen LogP contribution in [0.2, 0.25) is 0 Å². The Bertz CT molecular complexity index is 415. The van der Waals surface area contributed by atoms with Gasteiger partial charge in [0.25, 0.3) is 0 Å². The third-order valence-corrected chi connectivity index (χ3v) is 8.18. The van der Waals surface area contributed by atoms with Crippen LogP contribution in [-0.2, 0) is 0 Å². The first-order chi connectivity index (χ1) is 12.8. The highest BCUT2D eigenvalue weighted by atomic mass is 15.2. The zero-order valence-corrected chi connectivity index (χ0v) is 17.1. The van der Waals surface area contributed by atoms with Crippen molar-refractivity contribution in [3.8, 4) is 0 Å². The lowest BCUT2D eigenvalue weighted by molar-refractivity contribution is -0.00346.